The van der Waals surface area contributed by atoms with Crippen molar-refractivity contribution in [2.75, 3.05) is 12.0 Å². The van der Waals surface area contributed by atoms with E-state index in [1.54, 1.807) is 11.7 Å². The van der Waals surface area contributed by atoms with E-state index < -0.39 is 27.2 Å². The number of sulfone groups is 1. The Kier molecular flexibility index (Phi) is 5.43. The van der Waals surface area contributed by atoms with Gasteiger partial charge in [0.25, 0.3) is 5.91 Å². The average molecular weight is 470 g/mol. The van der Waals surface area contributed by atoms with Crippen LogP contribution in [0.2, 0.25) is 5.02 Å². The van der Waals surface area contributed by atoms with Gasteiger partial charge in [-0.1, -0.05) is 11.6 Å². The Labute approximate surface area is 185 Å². The van der Waals surface area contributed by atoms with E-state index in [1.807, 2.05) is 0 Å². The normalized spacial score (nSPS) is 28.1. The zero-order valence-electron chi connectivity index (χ0n) is 17.3. The third kappa shape index (κ3) is 4.23. The maximum Gasteiger partial charge on any atom is 0.252 e. The molecule has 0 saturated heterocycles. The van der Waals surface area contributed by atoms with Crippen LogP contribution in [0.5, 0.6) is 0 Å². The second kappa shape index (κ2) is 7.56. The van der Waals surface area contributed by atoms with Crippen LogP contribution in [0.25, 0.3) is 11.3 Å². The van der Waals surface area contributed by atoms with Crippen LogP contribution in [0.4, 0.5) is 4.39 Å². The van der Waals surface area contributed by atoms with Crippen LogP contribution in [-0.2, 0) is 16.9 Å². The number of rotatable bonds is 5. The number of amides is 1. The zero-order valence-corrected chi connectivity index (χ0v) is 18.9. The highest BCUT2D eigenvalue weighted by atomic mass is 35.5. The highest BCUT2D eigenvalue weighted by Gasteiger charge is 2.51. The van der Waals surface area contributed by atoms with E-state index in [9.17, 15) is 22.7 Å². The summed E-state index contributed by atoms with van der Waals surface area (Å²) in [4.78, 5) is 12.4. The summed E-state index contributed by atoms with van der Waals surface area (Å²) in [5.74, 6) is -1.13. The van der Waals surface area contributed by atoms with Gasteiger partial charge in [0.05, 0.1) is 33.3 Å². The summed E-state index contributed by atoms with van der Waals surface area (Å²) in [5, 5.41) is 15.3. The van der Waals surface area contributed by atoms with Crippen LogP contribution in [0, 0.1) is 17.7 Å². The molecule has 2 saturated carbocycles. The van der Waals surface area contributed by atoms with Crippen molar-refractivity contribution in [2.24, 2.45) is 24.6 Å². The first-order chi connectivity index (χ1) is 14.4. The summed E-state index contributed by atoms with van der Waals surface area (Å²) in [7, 11) is -1.59. The van der Waals surface area contributed by atoms with Crippen molar-refractivity contribution in [1.82, 2.24) is 9.78 Å². The molecule has 31 heavy (non-hydrogen) atoms. The third-order valence-corrected chi connectivity index (χ3v) is 7.91. The number of aromatic nitrogens is 2. The number of aliphatic hydroxyl groups is 1. The highest BCUT2D eigenvalue weighted by molar-refractivity contribution is 7.90. The van der Waals surface area contributed by atoms with Crippen molar-refractivity contribution in [3.63, 3.8) is 0 Å². The van der Waals surface area contributed by atoms with Gasteiger partial charge in [-0.2, -0.15) is 5.10 Å². The molecule has 10 heteroatoms. The standard InChI is InChI=1S/C21H25ClFN3O4S/c1-26-19(11-3-4-16(23)15(22)7-11)17(20(24)27)18(25-26)12-5-13-8-21(28,9-14(13)6-12)10-31(2,29)30/h3-4,7,12-14,28H,5-6,8-10H2,1-2H3,(H2,24,27). The predicted molar refractivity (Wildman–Crippen MR) is 115 cm³/mol. The van der Waals surface area contributed by atoms with E-state index in [1.165, 1.54) is 18.2 Å². The van der Waals surface area contributed by atoms with Gasteiger partial charge < -0.3 is 10.8 Å². The molecule has 2 aliphatic rings. The van der Waals surface area contributed by atoms with E-state index in [-0.39, 0.29) is 28.5 Å². The molecule has 0 radical (unpaired) electrons. The summed E-state index contributed by atoms with van der Waals surface area (Å²) in [5.41, 5.74) is 6.44. The summed E-state index contributed by atoms with van der Waals surface area (Å²) in [6, 6.07) is 4.21. The molecule has 2 unspecified atom stereocenters. The fraction of sp³-hybridized carbons (Fsp3) is 0.524. The number of aryl methyl sites for hydroxylation is 1. The summed E-state index contributed by atoms with van der Waals surface area (Å²) in [6.07, 6.45) is 3.36. The molecule has 0 bridgehead atoms. The minimum Gasteiger partial charge on any atom is -0.389 e. The second-order valence-electron chi connectivity index (χ2n) is 9.12. The van der Waals surface area contributed by atoms with Crippen molar-refractivity contribution < 1.29 is 22.7 Å². The fourth-order valence-electron chi connectivity index (χ4n) is 5.65. The van der Waals surface area contributed by atoms with Crippen molar-refractivity contribution in [3.05, 3.63) is 40.3 Å². The maximum absolute atomic E-state index is 13.6. The lowest BCUT2D eigenvalue weighted by Gasteiger charge is -2.23. The van der Waals surface area contributed by atoms with Gasteiger partial charge in [-0.3, -0.25) is 9.48 Å². The molecule has 3 N–H and O–H groups in total. The van der Waals surface area contributed by atoms with E-state index in [0.717, 1.165) is 6.26 Å². The number of nitrogens with two attached hydrogens (primary N) is 1. The van der Waals surface area contributed by atoms with Gasteiger partial charge in [-0.25, -0.2) is 12.8 Å². The first-order valence-electron chi connectivity index (χ1n) is 10.1. The Hall–Kier alpha value is -1.97. The Bertz CT molecular complexity index is 1150. The number of halogens is 2. The van der Waals surface area contributed by atoms with Gasteiger partial charge in [0.2, 0.25) is 0 Å². The molecule has 1 aromatic heterocycles. The SMILES string of the molecule is Cn1nc(C2CC3CC(O)(CS(C)(=O)=O)CC3C2)c(C(N)=O)c1-c1ccc(F)c(Cl)c1. The zero-order chi connectivity index (χ0) is 22.7. The predicted octanol–water partition coefficient (Wildman–Crippen LogP) is 2.66. The van der Waals surface area contributed by atoms with Crippen LogP contribution in [-0.4, -0.2) is 46.8 Å². The van der Waals surface area contributed by atoms with Gasteiger partial charge in [0, 0.05) is 24.8 Å². The molecule has 168 valence electrons. The smallest absolute Gasteiger partial charge is 0.252 e. The molecule has 0 aliphatic heterocycles. The van der Waals surface area contributed by atoms with Crippen LogP contribution >= 0.6 is 11.6 Å². The number of nitrogens with zero attached hydrogens (tertiary/aromatic N) is 2. The van der Waals surface area contributed by atoms with E-state index >= 15 is 0 Å². The molecular weight excluding hydrogens is 445 g/mol. The number of fused-ring (bicyclic) bond motifs is 1. The third-order valence-electron chi connectivity index (χ3n) is 6.56. The van der Waals surface area contributed by atoms with E-state index in [0.29, 0.717) is 48.2 Å². The molecule has 1 heterocycles. The largest absolute Gasteiger partial charge is 0.389 e. The van der Waals surface area contributed by atoms with Crippen LogP contribution < -0.4 is 5.73 Å². The summed E-state index contributed by atoms with van der Waals surface area (Å²) < 4.78 is 38.5. The number of carbonyl (C=O) groups is 1. The second-order valence-corrected chi connectivity index (χ2v) is 11.7. The Balaban J connectivity index is 1.64. The molecule has 4 rings (SSSR count). The average Bonchev–Trinajstić information content (AvgIpc) is 3.24. The molecule has 2 fully saturated rings. The fourth-order valence-corrected chi connectivity index (χ4v) is 7.04. The summed E-state index contributed by atoms with van der Waals surface area (Å²) >= 11 is 5.93. The van der Waals surface area contributed by atoms with E-state index in [4.69, 9.17) is 17.3 Å². The lowest BCUT2D eigenvalue weighted by atomic mass is 9.91. The topological polar surface area (TPSA) is 115 Å². The quantitative estimate of drug-likeness (QED) is 0.698. The molecule has 2 aliphatic carbocycles. The Morgan fingerprint density at radius 2 is 1.97 bits per heavy atom. The van der Waals surface area contributed by atoms with Gasteiger partial charge in [0.15, 0.2) is 0 Å². The number of carbonyl (C=O) groups excluding carboxylic acids is 1. The number of primary amides is 1. The molecule has 1 amide bonds. The minimum absolute atomic E-state index is 0.0313. The van der Waals surface area contributed by atoms with Crippen LogP contribution in [0.1, 0.15) is 47.7 Å². The lowest BCUT2D eigenvalue weighted by molar-refractivity contribution is 0.0613. The van der Waals surface area contributed by atoms with Crippen LogP contribution in [0.15, 0.2) is 18.2 Å². The van der Waals surface area contributed by atoms with Crippen molar-refractivity contribution >= 4 is 27.3 Å². The van der Waals surface area contributed by atoms with Gasteiger partial charge in [0.1, 0.15) is 15.7 Å². The highest BCUT2D eigenvalue weighted by Crippen LogP contribution is 2.54. The molecule has 0 spiro atoms. The van der Waals surface area contributed by atoms with Crippen molar-refractivity contribution in [2.45, 2.75) is 37.2 Å². The van der Waals surface area contributed by atoms with Gasteiger partial charge in [-0.15, -0.1) is 0 Å². The number of hydrogen-bond donors (Lipinski definition) is 2. The van der Waals surface area contributed by atoms with Crippen molar-refractivity contribution in [3.8, 4) is 11.3 Å². The maximum atomic E-state index is 13.6. The minimum atomic E-state index is -3.28. The summed E-state index contributed by atoms with van der Waals surface area (Å²) in [6.45, 7) is 0. The molecule has 2 aromatic rings. The molecule has 7 nitrogen and oxygen atoms in total. The molecule has 1 aromatic carbocycles. The number of hydrogen-bond acceptors (Lipinski definition) is 5. The van der Waals surface area contributed by atoms with Gasteiger partial charge >= 0.3 is 0 Å². The first-order valence-corrected chi connectivity index (χ1v) is 12.5. The Morgan fingerprint density at radius 1 is 1.35 bits per heavy atom. The number of benzene rings is 1. The monoisotopic (exact) mass is 469 g/mol. The molecule has 2 atom stereocenters. The lowest BCUT2D eigenvalue weighted by Crippen LogP contribution is -2.34. The van der Waals surface area contributed by atoms with Crippen molar-refractivity contribution in [1.29, 1.82) is 0 Å². The first kappa shape index (κ1) is 22.2. The Morgan fingerprint density at radius 3 is 2.48 bits per heavy atom. The molecular formula is C21H25ClFN3O4S. The van der Waals surface area contributed by atoms with Crippen LogP contribution in [0.3, 0.4) is 0 Å². The van der Waals surface area contributed by atoms with E-state index in [2.05, 4.69) is 5.10 Å². The van der Waals surface area contributed by atoms with Gasteiger partial charge in [-0.05, 0) is 55.7 Å².